The van der Waals surface area contributed by atoms with Crippen molar-refractivity contribution >= 4 is 11.9 Å². The van der Waals surface area contributed by atoms with E-state index < -0.39 is 12.1 Å². The molecule has 2 atom stereocenters. The number of aliphatic hydroxyl groups excluding tert-OH is 2. The lowest BCUT2D eigenvalue weighted by atomic mass is 10.0. The predicted molar refractivity (Wildman–Crippen MR) is 338 cm³/mol. The number of unbranched alkanes of at least 4 members (excludes halogenated alkanes) is 51. The summed E-state index contributed by atoms with van der Waals surface area (Å²) in [6, 6.07) is -0.548. The summed E-state index contributed by atoms with van der Waals surface area (Å²) >= 11 is 0. The minimum Gasteiger partial charge on any atom is -0.466 e. The highest BCUT2D eigenvalue weighted by molar-refractivity contribution is 5.76. The molecule has 6 nitrogen and oxygen atoms in total. The molecule has 77 heavy (non-hydrogen) atoms. The second kappa shape index (κ2) is 66.8. The van der Waals surface area contributed by atoms with E-state index in [2.05, 4.69) is 43.5 Å². The molecule has 0 aliphatic rings. The maximum Gasteiger partial charge on any atom is 0.305 e. The fourth-order valence-electron chi connectivity index (χ4n) is 11.1. The molecule has 0 aromatic rings. The summed E-state index contributed by atoms with van der Waals surface area (Å²) in [5.41, 5.74) is 0. The van der Waals surface area contributed by atoms with Crippen LogP contribution in [-0.4, -0.2) is 47.4 Å². The van der Waals surface area contributed by atoms with Gasteiger partial charge in [-0.25, -0.2) is 0 Å². The van der Waals surface area contributed by atoms with Crippen LogP contribution in [0.2, 0.25) is 0 Å². The second-order valence-corrected chi connectivity index (χ2v) is 24.2. The summed E-state index contributed by atoms with van der Waals surface area (Å²) in [7, 11) is 0. The zero-order valence-electron chi connectivity index (χ0n) is 52.2. The summed E-state index contributed by atoms with van der Waals surface area (Å²) in [5.74, 6) is -0.0363. The van der Waals surface area contributed by atoms with E-state index in [0.29, 0.717) is 25.9 Å². The van der Waals surface area contributed by atoms with Crippen LogP contribution in [0.5, 0.6) is 0 Å². The van der Waals surface area contributed by atoms with E-state index >= 15 is 0 Å². The number of nitrogens with one attached hydrogen (secondary N) is 1. The number of ether oxygens (including phenoxy) is 1. The Balaban J connectivity index is 3.40. The number of amides is 1. The van der Waals surface area contributed by atoms with Gasteiger partial charge in [-0.15, -0.1) is 0 Å². The van der Waals surface area contributed by atoms with E-state index in [1.807, 2.05) is 0 Å². The minimum absolute atomic E-state index is 0.000625. The van der Waals surface area contributed by atoms with E-state index in [-0.39, 0.29) is 18.5 Å². The Labute approximate surface area is 481 Å². The molecule has 0 heterocycles. The Morgan fingerprint density at radius 1 is 0.364 bits per heavy atom. The van der Waals surface area contributed by atoms with E-state index in [9.17, 15) is 19.8 Å². The lowest BCUT2D eigenvalue weighted by Gasteiger charge is -2.22. The standard InChI is InChI=1S/C71H137NO5/c1-3-5-7-9-11-13-15-17-19-21-23-24-25-26-27-28-29-31-35-39-43-47-51-55-59-63-69(74)68(67-73)72-70(75)64-60-56-52-48-44-40-36-32-30-34-38-42-46-50-54-58-62-66-77-71(76)65-61-57-53-49-45-41-37-33-22-20-18-16-14-12-10-8-6-4-2/h14,16,20,22,68-69,73-74H,3-13,15,17-19,21,23-67H2,1-2H3,(H,72,75)/b16-14-,22-20-. The number of rotatable bonds is 66. The highest BCUT2D eigenvalue weighted by Gasteiger charge is 2.20. The van der Waals surface area contributed by atoms with Gasteiger partial charge in [0.05, 0.1) is 25.4 Å². The summed E-state index contributed by atoms with van der Waals surface area (Å²) < 4.78 is 5.50. The number of esters is 1. The molecule has 0 saturated carbocycles. The fourth-order valence-corrected chi connectivity index (χ4v) is 11.1. The first-order valence-corrected chi connectivity index (χ1v) is 35.1. The number of aliphatic hydroxyl groups is 2. The molecule has 0 aromatic heterocycles. The first-order chi connectivity index (χ1) is 38.0. The van der Waals surface area contributed by atoms with Crippen LogP contribution in [0.1, 0.15) is 393 Å². The summed E-state index contributed by atoms with van der Waals surface area (Å²) in [6.07, 6.45) is 83.5. The molecule has 6 heteroatoms. The Bertz CT molecular complexity index is 1200. The van der Waals surface area contributed by atoms with Crippen molar-refractivity contribution < 1.29 is 24.5 Å². The van der Waals surface area contributed by atoms with Crippen LogP contribution in [0, 0.1) is 0 Å². The molecular formula is C71H137NO5. The van der Waals surface area contributed by atoms with Gasteiger partial charge in [-0.2, -0.15) is 0 Å². The number of carbonyl (C=O) groups excluding carboxylic acids is 2. The first-order valence-electron chi connectivity index (χ1n) is 35.1. The van der Waals surface area contributed by atoms with Crippen molar-refractivity contribution in [3.05, 3.63) is 24.3 Å². The van der Waals surface area contributed by atoms with Gasteiger partial charge in [0.15, 0.2) is 0 Å². The van der Waals surface area contributed by atoms with Gasteiger partial charge in [0, 0.05) is 12.8 Å². The van der Waals surface area contributed by atoms with Gasteiger partial charge in [0.2, 0.25) is 5.91 Å². The average Bonchev–Trinajstić information content (AvgIpc) is 3.43. The fraction of sp³-hybridized carbons (Fsp3) is 0.915. The molecule has 0 saturated heterocycles. The molecule has 0 aromatic carbocycles. The van der Waals surface area contributed by atoms with Crippen LogP contribution in [0.3, 0.4) is 0 Å². The topological polar surface area (TPSA) is 95.9 Å². The van der Waals surface area contributed by atoms with Gasteiger partial charge in [-0.05, 0) is 57.8 Å². The van der Waals surface area contributed by atoms with Crippen molar-refractivity contribution in [3.8, 4) is 0 Å². The molecule has 0 aliphatic heterocycles. The molecule has 0 spiro atoms. The second-order valence-electron chi connectivity index (χ2n) is 24.2. The highest BCUT2D eigenvalue weighted by Crippen LogP contribution is 2.19. The third-order valence-corrected chi connectivity index (χ3v) is 16.5. The third kappa shape index (κ3) is 63.4. The quantitative estimate of drug-likeness (QED) is 0.0320. The number of hydrogen-bond donors (Lipinski definition) is 3. The van der Waals surface area contributed by atoms with E-state index in [4.69, 9.17) is 4.74 Å². The highest BCUT2D eigenvalue weighted by atomic mass is 16.5. The monoisotopic (exact) mass is 1080 g/mol. The molecule has 0 bridgehead atoms. The first kappa shape index (κ1) is 75.3. The van der Waals surface area contributed by atoms with Crippen molar-refractivity contribution in [3.63, 3.8) is 0 Å². The van der Waals surface area contributed by atoms with Crippen LogP contribution < -0.4 is 5.32 Å². The Morgan fingerprint density at radius 2 is 0.649 bits per heavy atom. The van der Waals surface area contributed by atoms with Crippen molar-refractivity contribution in [2.75, 3.05) is 13.2 Å². The molecule has 0 radical (unpaired) electrons. The maximum atomic E-state index is 12.6. The smallest absolute Gasteiger partial charge is 0.305 e. The molecular weight excluding hydrogens is 947 g/mol. The molecule has 3 N–H and O–H groups in total. The van der Waals surface area contributed by atoms with Crippen LogP contribution >= 0.6 is 0 Å². The molecule has 0 rings (SSSR count). The van der Waals surface area contributed by atoms with Crippen molar-refractivity contribution in [2.24, 2.45) is 0 Å². The normalized spacial score (nSPS) is 12.6. The summed E-state index contributed by atoms with van der Waals surface area (Å²) in [6.45, 7) is 4.96. The number of hydrogen-bond acceptors (Lipinski definition) is 5. The number of allylic oxidation sites excluding steroid dienone is 4. The van der Waals surface area contributed by atoms with Crippen LogP contribution in [0.15, 0.2) is 24.3 Å². The van der Waals surface area contributed by atoms with Crippen molar-refractivity contribution in [1.29, 1.82) is 0 Å². The van der Waals surface area contributed by atoms with Gasteiger partial charge >= 0.3 is 5.97 Å². The van der Waals surface area contributed by atoms with Gasteiger partial charge < -0.3 is 20.3 Å². The summed E-state index contributed by atoms with van der Waals surface area (Å²) in [4.78, 5) is 24.7. The Kier molecular flexibility index (Phi) is 65.4. The van der Waals surface area contributed by atoms with Gasteiger partial charge in [-0.1, -0.05) is 346 Å². The predicted octanol–water partition coefficient (Wildman–Crippen LogP) is 22.5. The third-order valence-electron chi connectivity index (χ3n) is 16.5. The minimum atomic E-state index is -0.670. The molecule has 0 fully saturated rings. The largest absolute Gasteiger partial charge is 0.466 e. The lowest BCUT2D eigenvalue weighted by molar-refractivity contribution is -0.143. The van der Waals surface area contributed by atoms with Crippen LogP contribution in [0.25, 0.3) is 0 Å². The van der Waals surface area contributed by atoms with Crippen LogP contribution in [0.4, 0.5) is 0 Å². The Morgan fingerprint density at radius 3 is 1.00 bits per heavy atom. The molecule has 0 aliphatic carbocycles. The zero-order valence-corrected chi connectivity index (χ0v) is 52.2. The van der Waals surface area contributed by atoms with Crippen molar-refractivity contribution in [2.45, 2.75) is 405 Å². The van der Waals surface area contributed by atoms with E-state index in [1.54, 1.807) is 0 Å². The number of carbonyl (C=O) groups is 2. The molecule has 2 unspecified atom stereocenters. The van der Waals surface area contributed by atoms with E-state index in [1.165, 1.54) is 308 Å². The van der Waals surface area contributed by atoms with Gasteiger partial charge in [0.1, 0.15) is 0 Å². The zero-order chi connectivity index (χ0) is 55.7. The van der Waals surface area contributed by atoms with Crippen LogP contribution in [-0.2, 0) is 14.3 Å². The molecule has 1 amide bonds. The van der Waals surface area contributed by atoms with E-state index in [0.717, 1.165) is 51.4 Å². The van der Waals surface area contributed by atoms with Crippen molar-refractivity contribution in [1.82, 2.24) is 5.32 Å². The van der Waals surface area contributed by atoms with Gasteiger partial charge in [0.25, 0.3) is 0 Å². The maximum absolute atomic E-state index is 12.6. The lowest BCUT2D eigenvalue weighted by Crippen LogP contribution is -2.45. The molecule has 456 valence electrons. The average molecular weight is 1080 g/mol. The SMILES string of the molecule is CCCCCC/C=C\C/C=C\CCCCCCCCCC(=O)OCCCCCCCCCCCCCCCCCCCC(=O)NC(CO)C(O)CCCCCCCCCCCCCCCCCCCCCCCCCCC. The summed E-state index contributed by atoms with van der Waals surface area (Å²) in [5, 5.41) is 23.4. The Hall–Kier alpha value is -1.66. The van der Waals surface area contributed by atoms with Gasteiger partial charge in [-0.3, -0.25) is 9.59 Å².